The summed E-state index contributed by atoms with van der Waals surface area (Å²) in [6, 6.07) is 15.4. The number of benzene rings is 2. The first-order chi connectivity index (χ1) is 18.9. The number of aromatic amines is 1. The fourth-order valence-electron chi connectivity index (χ4n) is 5.01. The second kappa shape index (κ2) is 11.5. The Morgan fingerprint density at radius 2 is 1.85 bits per heavy atom. The van der Waals surface area contributed by atoms with E-state index >= 15 is 0 Å². The van der Waals surface area contributed by atoms with Crippen molar-refractivity contribution in [3.8, 4) is 0 Å². The standard InChI is InChI=1S/C30H29FN4O4/c1-39-30(38)27-9-4-22(18-33-27)29(37)34-24-7-2-19(3-8-24)20-12-14-35(15-13-20)28(36)11-5-21-17-32-26-10-6-23(31)16-25(21)26/h2-4,6-10,16-18,20,32H,5,11-15H2,1H3,(H,34,37). The number of carbonyl (C=O) groups excluding carboxylic acids is 3. The second-order valence-corrected chi connectivity index (χ2v) is 9.66. The fraction of sp³-hybridized carbons (Fsp3) is 0.267. The molecule has 0 unspecified atom stereocenters. The van der Waals surface area contributed by atoms with E-state index in [4.69, 9.17) is 0 Å². The fourth-order valence-corrected chi connectivity index (χ4v) is 5.01. The van der Waals surface area contributed by atoms with Gasteiger partial charge in [0.15, 0.2) is 0 Å². The van der Waals surface area contributed by atoms with Gasteiger partial charge in [-0.3, -0.25) is 9.59 Å². The van der Waals surface area contributed by atoms with E-state index in [1.165, 1.54) is 43.1 Å². The number of halogens is 1. The van der Waals surface area contributed by atoms with E-state index in [9.17, 15) is 18.8 Å². The Bertz CT molecular complexity index is 1490. The molecule has 39 heavy (non-hydrogen) atoms. The molecule has 0 aliphatic carbocycles. The zero-order chi connectivity index (χ0) is 27.4. The van der Waals surface area contributed by atoms with Crippen LogP contribution < -0.4 is 5.32 Å². The highest BCUT2D eigenvalue weighted by molar-refractivity contribution is 6.04. The molecule has 0 radical (unpaired) electrons. The Hall–Kier alpha value is -4.53. The quantitative estimate of drug-likeness (QED) is 0.326. The summed E-state index contributed by atoms with van der Waals surface area (Å²) in [5, 5.41) is 3.67. The van der Waals surface area contributed by atoms with Gasteiger partial charge in [0.2, 0.25) is 5.91 Å². The topological polar surface area (TPSA) is 104 Å². The maximum atomic E-state index is 13.6. The molecule has 0 atom stereocenters. The van der Waals surface area contributed by atoms with Gasteiger partial charge >= 0.3 is 5.97 Å². The highest BCUT2D eigenvalue weighted by Gasteiger charge is 2.24. The molecule has 200 valence electrons. The van der Waals surface area contributed by atoms with E-state index in [1.54, 1.807) is 6.07 Å². The minimum absolute atomic E-state index is 0.117. The highest BCUT2D eigenvalue weighted by Crippen LogP contribution is 2.29. The van der Waals surface area contributed by atoms with E-state index in [1.807, 2.05) is 35.4 Å². The van der Waals surface area contributed by atoms with E-state index in [0.29, 0.717) is 43.1 Å². The smallest absolute Gasteiger partial charge is 0.356 e. The zero-order valence-corrected chi connectivity index (χ0v) is 21.6. The Morgan fingerprint density at radius 3 is 2.54 bits per heavy atom. The molecule has 9 heteroatoms. The van der Waals surface area contributed by atoms with Crippen LogP contribution in [0.3, 0.4) is 0 Å². The number of hydrogen-bond donors (Lipinski definition) is 2. The number of nitrogens with zero attached hydrogens (tertiary/aromatic N) is 2. The molecule has 4 aromatic rings. The number of methoxy groups -OCH3 is 1. The maximum absolute atomic E-state index is 13.6. The number of carbonyl (C=O) groups is 3. The first kappa shape index (κ1) is 26.1. The van der Waals surface area contributed by atoms with E-state index in [2.05, 4.69) is 20.0 Å². The van der Waals surface area contributed by atoms with Gasteiger partial charge < -0.3 is 19.9 Å². The number of nitrogens with one attached hydrogen (secondary N) is 2. The van der Waals surface area contributed by atoms with Gasteiger partial charge in [-0.05, 0) is 78.8 Å². The number of piperidine rings is 1. The van der Waals surface area contributed by atoms with Crippen LogP contribution in [0.2, 0.25) is 0 Å². The number of hydrogen-bond acceptors (Lipinski definition) is 5. The third-order valence-electron chi connectivity index (χ3n) is 7.25. The van der Waals surface area contributed by atoms with Crippen molar-refractivity contribution in [2.24, 2.45) is 0 Å². The van der Waals surface area contributed by atoms with Gasteiger partial charge in [-0.25, -0.2) is 14.2 Å². The summed E-state index contributed by atoms with van der Waals surface area (Å²) < 4.78 is 18.2. The van der Waals surface area contributed by atoms with Crippen molar-refractivity contribution in [2.75, 3.05) is 25.5 Å². The molecule has 1 aliphatic rings. The molecule has 2 N–H and O–H groups in total. The number of aromatic nitrogens is 2. The molecule has 8 nitrogen and oxygen atoms in total. The van der Waals surface area contributed by atoms with Gasteiger partial charge in [0.25, 0.3) is 5.91 Å². The van der Waals surface area contributed by atoms with E-state index in [0.717, 1.165) is 29.3 Å². The van der Waals surface area contributed by atoms with Gasteiger partial charge in [0, 0.05) is 48.5 Å². The van der Waals surface area contributed by atoms with Crippen LogP contribution in [0.25, 0.3) is 10.9 Å². The predicted molar refractivity (Wildman–Crippen MR) is 145 cm³/mol. The lowest BCUT2D eigenvalue weighted by atomic mass is 9.89. The zero-order valence-electron chi connectivity index (χ0n) is 21.6. The summed E-state index contributed by atoms with van der Waals surface area (Å²) in [6.07, 6.45) is 5.89. The summed E-state index contributed by atoms with van der Waals surface area (Å²) in [6.45, 7) is 1.39. The van der Waals surface area contributed by atoms with Crippen LogP contribution in [0.1, 0.15) is 57.2 Å². The molecule has 2 aromatic carbocycles. The van der Waals surface area contributed by atoms with E-state index < -0.39 is 5.97 Å². The molecule has 2 aromatic heterocycles. The largest absolute Gasteiger partial charge is 0.464 e. The Kier molecular flexibility index (Phi) is 7.67. The third kappa shape index (κ3) is 5.98. The molecule has 1 aliphatic heterocycles. The number of pyridine rings is 1. The first-order valence-corrected chi connectivity index (χ1v) is 12.9. The van der Waals surface area contributed by atoms with Crippen molar-refractivity contribution < 1.29 is 23.5 Å². The second-order valence-electron chi connectivity index (χ2n) is 9.66. The van der Waals surface area contributed by atoms with Crippen LogP contribution in [0.5, 0.6) is 0 Å². The molecule has 1 fully saturated rings. The van der Waals surface area contributed by atoms with Crippen LogP contribution >= 0.6 is 0 Å². The lowest BCUT2D eigenvalue weighted by Crippen LogP contribution is -2.38. The number of anilines is 1. The van der Waals surface area contributed by atoms with Crippen molar-refractivity contribution in [3.05, 3.63) is 95.2 Å². The monoisotopic (exact) mass is 528 g/mol. The minimum Gasteiger partial charge on any atom is -0.464 e. The number of esters is 1. The highest BCUT2D eigenvalue weighted by atomic mass is 19.1. The number of amides is 2. The lowest BCUT2D eigenvalue weighted by Gasteiger charge is -2.32. The predicted octanol–water partition coefficient (Wildman–Crippen LogP) is 5.08. The van der Waals surface area contributed by atoms with Gasteiger partial charge in [-0.2, -0.15) is 0 Å². The minimum atomic E-state index is -0.559. The number of aryl methyl sites for hydroxylation is 1. The van der Waals surface area contributed by atoms with Crippen LogP contribution in [0.4, 0.5) is 10.1 Å². The van der Waals surface area contributed by atoms with Crippen LogP contribution in [0.15, 0.2) is 67.0 Å². The lowest BCUT2D eigenvalue weighted by molar-refractivity contribution is -0.132. The SMILES string of the molecule is COC(=O)c1ccc(C(=O)Nc2ccc(C3CCN(C(=O)CCc4c[nH]c5ccc(F)cc45)CC3)cc2)cn1. The average Bonchev–Trinajstić information content (AvgIpc) is 3.38. The normalized spacial score (nSPS) is 13.8. The van der Waals surface area contributed by atoms with Gasteiger partial charge in [0.1, 0.15) is 11.5 Å². The Morgan fingerprint density at radius 1 is 1.08 bits per heavy atom. The molecular formula is C30H29FN4O4. The molecule has 5 rings (SSSR count). The summed E-state index contributed by atoms with van der Waals surface area (Å²) in [5.41, 5.74) is 4.12. The summed E-state index contributed by atoms with van der Waals surface area (Å²) >= 11 is 0. The Labute approximate surface area is 225 Å². The van der Waals surface area contributed by atoms with Gasteiger partial charge in [0.05, 0.1) is 12.7 Å². The third-order valence-corrected chi connectivity index (χ3v) is 7.25. The van der Waals surface area contributed by atoms with Crippen molar-refractivity contribution >= 4 is 34.4 Å². The van der Waals surface area contributed by atoms with E-state index in [-0.39, 0.29) is 23.3 Å². The first-order valence-electron chi connectivity index (χ1n) is 12.9. The maximum Gasteiger partial charge on any atom is 0.356 e. The number of ether oxygens (including phenoxy) is 1. The summed E-state index contributed by atoms with van der Waals surface area (Å²) in [4.78, 5) is 45.9. The van der Waals surface area contributed by atoms with Crippen molar-refractivity contribution in [3.63, 3.8) is 0 Å². The molecule has 0 bridgehead atoms. The number of fused-ring (bicyclic) bond motifs is 1. The molecule has 2 amide bonds. The summed E-state index contributed by atoms with van der Waals surface area (Å²) in [7, 11) is 1.27. The van der Waals surface area contributed by atoms with Gasteiger partial charge in [-0.15, -0.1) is 0 Å². The van der Waals surface area contributed by atoms with Crippen molar-refractivity contribution in [2.45, 2.75) is 31.6 Å². The van der Waals surface area contributed by atoms with Gasteiger partial charge in [-0.1, -0.05) is 12.1 Å². The molecular weight excluding hydrogens is 499 g/mol. The molecule has 1 saturated heterocycles. The Balaban J connectivity index is 1.10. The van der Waals surface area contributed by atoms with Crippen molar-refractivity contribution in [1.82, 2.24) is 14.9 Å². The number of likely N-dealkylation sites (tertiary alicyclic amines) is 1. The number of H-pyrrole nitrogens is 1. The van der Waals surface area contributed by atoms with Crippen LogP contribution in [-0.2, 0) is 16.0 Å². The average molecular weight is 529 g/mol. The van der Waals surface area contributed by atoms with Crippen molar-refractivity contribution in [1.29, 1.82) is 0 Å². The number of rotatable bonds is 7. The van der Waals surface area contributed by atoms with Crippen LogP contribution in [0, 0.1) is 5.82 Å². The molecule has 0 saturated carbocycles. The summed E-state index contributed by atoms with van der Waals surface area (Å²) in [5.74, 6) is -0.708. The molecule has 3 heterocycles. The van der Waals surface area contributed by atoms with Crippen LogP contribution in [-0.4, -0.2) is 52.9 Å². The molecule has 0 spiro atoms.